The third-order valence-electron chi connectivity index (χ3n) is 3.16. The molecule has 0 unspecified atom stereocenters. The lowest BCUT2D eigenvalue weighted by molar-refractivity contribution is -0.115. The fraction of sp³-hybridized carbons (Fsp3) is 0.188. The van der Waals surface area contributed by atoms with Crippen LogP contribution in [0.25, 0.3) is 0 Å². The number of nitrogens with one attached hydrogen (secondary N) is 2. The standard InChI is InChI=1S/C16H16BrF2N3O/c1-2-21-10-5-3-9(4-6-10)7-13(23)22-16-12(20)8-11(18)14(17)15(16)19/h3-6,8,21H,2,7,20H2,1H3,(H,22,23). The van der Waals surface area contributed by atoms with E-state index in [1.165, 1.54) is 0 Å². The number of benzene rings is 2. The Morgan fingerprint density at radius 1 is 1.26 bits per heavy atom. The zero-order chi connectivity index (χ0) is 17.0. The quantitative estimate of drug-likeness (QED) is 0.541. The van der Waals surface area contributed by atoms with Crippen molar-refractivity contribution >= 4 is 38.9 Å². The molecule has 0 bridgehead atoms. The normalized spacial score (nSPS) is 10.4. The first-order chi connectivity index (χ1) is 10.9. The minimum absolute atomic E-state index is 0.0558. The molecule has 0 aliphatic rings. The second-order valence-electron chi connectivity index (χ2n) is 4.90. The second-order valence-corrected chi connectivity index (χ2v) is 5.70. The van der Waals surface area contributed by atoms with Crippen molar-refractivity contribution in [2.75, 3.05) is 22.9 Å². The smallest absolute Gasteiger partial charge is 0.228 e. The lowest BCUT2D eigenvalue weighted by Crippen LogP contribution is -2.17. The number of carbonyl (C=O) groups excluding carboxylic acids is 1. The molecular formula is C16H16BrF2N3O. The van der Waals surface area contributed by atoms with Crippen LogP contribution < -0.4 is 16.4 Å². The average molecular weight is 384 g/mol. The maximum atomic E-state index is 14.0. The summed E-state index contributed by atoms with van der Waals surface area (Å²) in [5.74, 6) is -2.19. The molecule has 122 valence electrons. The summed E-state index contributed by atoms with van der Waals surface area (Å²) in [4.78, 5) is 12.0. The van der Waals surface area contributed by atoms with Crippen molar-refractivity contribution in [2.45, 2.75) is 13.3 Å². The van der Waals surface area contributed by atoms with Gasteiger partial charge >= 0.3 is 0 Å². The maximum Gasteiger partial charge on any atom is 0.228 e. The Balaban J connectivity index is 2.09. The van der Waals surface area contributed by atoms with Gasteiger partial charge in [-0.25, -0.2) is 8.78 Å². The summed E-state index contributed by atoms with van der Waals surface area (Å²) in [7, 11) is 0. The van der Waals surface area contributed by atoms with Gasteiger partial charge in [-0.2, -0.15) is 0 Å². The third kappa shape index (κ3) is 4.19. The summed E-state index contributed by atoms with van der Waals surface area (Å²) < 4.78 is 26.9. The van der Waals surface area contributed by atoms with E-state index in [1.807, 2.05) is 19.1 Å². The van der Waals surface area contributed by atoms with Gasteiger partial charge in [0.05, 0.1) is 16.6 Å². The Labute approximate surface area is 141 Å². The summed E-state index contributed by atoms with van der Waals surface area (Å²) in [5, 5.41) is 5.53. The Morgan fingerprint density at radius 2 is 1.91 bits per heavy atom. The number of hydrogen-bond donors (Lipinski definition) is 3. The predicted molar refractivity (Wildman–Crippen MR) is 91.4 cm³/mol. The van der Waals surface area contributed by atoms with Crippen LogP contribution in [0.1, 0.15) is 12.5 Å². The maximum absolute atomic E-state index is 14.0. The molecule has 1 amide bonds. The highest BCUT2D eigenvalue weighted by molar-refractivity contribution is 9.10. The second kappa shape index (κ2) is 7.41. The van der Waals surface area contributed by atoms with Crippen LogP contribution in [0.15, 0.2) is 34.8 Å². The van der Waals surface area contributed by atoms with Crippen molar-refractivity contribution in [1.29, 1.82) is 0 Å². The Kier molecular flexibility index (Phi) is 5.54. The highest BCUT2D eigenvalue weighted by atomic mass is 79.9. The molecule has 0 atom stereocenters. The van der Waals surface area contributed by atoms with E-state index in [0.29, 0.717) is 0 Å². The van der Waals surface area contributed by atoms with Crippen molar-refractivity contribution in [2.24, 2.45) is 0 Å². The molecule has 0 radical (unpaired) electrons. The van der Waals surface area contributed by atoms with Crippen LogP contribution in [-0.4, -0.2) is 12.5 Å². The molecular weight excluding hydrogens is 368 g/mol. The van der Waals surface area contributed by atoms with E-state index >= 15 is 0 Å². The van der Waals surface area contributed by atoms with Gasteiger partial charge in [-0.15, -0.1) is 0 Å². The molecule has 4 nitrogen and oxygen atoms in total. The number of halogens is 3. The van der Waals surface area contributed by atoms with E-state index < -0.39 is 17.5 Å². The van der Waals surface area contributed by atoms with Crippen LogP contribution in [0.4, 0.5) is 25.8 Å². The Bertz CT molecular complexity index is 720. The lowest BCUT2D eigenvalue weighted by atomic mass is 10.1. The summed E-state index contributed by atoms with van der Waals surface area (Å²) >= 11 is 2.78. The van der Waals surface area contributed by atoms with Crippen molar-refractivity contribution in [3.8, 4) is 0 Å². The van der Waals surface area contributed by atoms with Gasteiger partial charge in [0.25, 0.3) is 0 Å². The van der Waals surface area contributed by atoms with Crippen LogP contribution >= 0.6 is 15.9 Å². The van der Waals surface area contributed by atoms with Crippen LogP contribution in [0.2, 0.25) is 0 Å². The van der Waals surface area contributed by atoms with Crippen LogP contribution in [0.5, 0.6) is 0 Å². The van der Waals surface area contributed by atoms with Crippen molar-refractivity contribution in [3.63, 3.8) is 0 Å². The Hall–Kier alpha value is -2.15. The average Bonchev–Trinajstić information content (AvgIpc) is 2.52. The van der Waals surface area contributed by atoms with Gasteiger partial charge in [0.2, 0.25) is 5.91 Å². The minimum Gasteiger partial charge on any atom is -0.397 e. The van der Waals surface area contributed by atoms with E-state index in [1.54, 1.807) is 12.1 Å². The number of hydrogen-bond acceptors (Lipinski definition) is 3. The van der Waals surface area contributed by atoms with E-state index in [2.05, 4.69) is 26.6 Å². The predicted octanol–water partition coefficient (Wildman–Crippen LogP) is 3.92. The van der Waals surface area contributed by atoms with E-state index in [0.717, 1.165) is 23.9 Å². The zero-order valence-corrected chi connectivity index (χ0v) is 14.0. The summed E-state index contributed by atoms with van der Waals surface area (Å²) in [5.41, 5.74) is 6.89. The topological polar surface area (TPSA) is 67.2 Å². The molecule has 2 aromatic carbocycles. The number of anilines is 3. The third-order valence-corrected chi connectivity index (χ3v) is 3.88. The fourth-order valence-electron chi connectivity index (χ4n) is 2.05. The molecule has 2 rings (SSSR count). The molecule has 0 aromatic heterocycles. The van der Waals surface area contributed by atoms with Crippen LogP contribution in [-0.2, 0) is 11.2 Å². The van der Waals surface area contributed by atoms with Gasteiger partial charge in [0, 0.05) is 18.3 Å². The molecule has 0 saturated carbocycles. The molecule has 0 aliphatic heterocycles. The first-order valence-electron chi connectivity index (χ1n) is 6.98. The monoisotopic (exact) mass is 383 g/mol. The molecule has 0 heterocycles. The SMILES string of the molecule is CCNc1ccc(CC(=O)Nc2c(N)cc(F)c(Br)c2F)cc1. The van der Waals surface area contributed by atoms with Crippen molar-refractivity contribution in [1.82, 2.24) is 0 Å². The number of rotatable bonds is 5. The van der Waals surface area contributed by atoms with Gasteiger partial charge in [-0.3, -0.25) is 4.79 Å². The van der Waals surface area contributed by atoms with Crippen LogP contribution in [0, 0.1) is 11.6 Å². The van der Waals surface area contributed by atoms with Gasteiger partial charge < -0.3 is 16.4 Å². The minimum atomic E-state index is -0.932. The van der Waals surface area contributed by atoms with Crippen LogP contribution in [0.3, 0.4) is 0 Å². The van der Waals surface area contributed by atoms with Crippen molar-refractivity contribution < 1.29 is 13.6 Å². The van der Waals surface area contributed by atoms with Gasteiger partial charge in [-0.05, 0) is 40.5 Å². The molecule has 4 N–H and O–H groups in total. The van der Waals surface area contributed by atoms with Gasteiger partial charge in [-0.1, -0.05) is 12.1 Å². The number of nitrogens with two attached hydrogens (primary N) is 1. The largest absolute Gasteiger partial charge is 0.397 e. The van der Waals surface area contributed by atoms with E-state index in [9.17, 15) is 13.6 Å². The highest BCUT2D eigenvalue weighted by Crippen LogP contribution is 2.31. The van der Waals surface area contributed by atoms with Gasteiger partial charge in [0.1, 0.15) is 11.5 Å². The molecule has 2 aromatic rings. The van der Waals surface area contributed by atoms with Gasteiger partial charge in [0.15, 0.2) is 5.82 Å². The van der Waals surface area contributed by atoms with E-state index in [4.69, 9.17) is 5.73 Å². The first kappa shape index (κ1) is 17.2. The fourth-order valence-corrected chi connectivity index (χ4v) is 2.37. The molecule has 7 heteroatoms. The molecule has 0 aliphatic carbocycles. The molecule has 0 saturated heterocycles. The number of nitrogen functional groups attached to an aromatic ring is 1. The molecule has 0 spiro atoms. The number of amides is 1. The van der Waals surface area contributed by atoms with E-state index in [-0.39, 0.29) is 22.3 Å². The lowest BCUT2D eigenvalue weighted by Gasteiger charge is -2.11. The zero-order valence-electron chi connectivity index (χ0n) is 12.4. The summed E-state index contributed by atoms with van der Waals surface area (Å²) in [6.07, 6.45) is 0.0558. The summed E-state index contributed by atoms with van der Waals surface area (Å²) in [6.45, 7) is 2.79. The molecule has 0 fully saturated rings. The summed E-state index contributed by atoms with van der Waals surface area (Å²) in [6, 6.07) is 8.27. The van der Waals surface area contributed by atoms with Crippen molar-refractivity contribution in [3.05, 3.63) is 52.0 Å². The molecule has 23 heavy (non-hydrogen) atoms. The highest BCUT2D eigenvalue weighted by Gasteiger charge is 2.17. The number of carbonyl (C=O) groups is 1. The Morgan fingerprint density at radius 3 is 2.52 bits per heavy atom. The first-order valence-corrected chi connectivity index (χ1v) is 7.77.